The Morgan fingerprint density at radius 3 is 2.52 bits per heavy atom. The lowest BCUT2D eigenvalue weighted by Crippen LogP contribution is -2.35. The van der Waals surface area contributed by atoms with Crippen molar-refractivity contribution in [3.63, 3.8) is 0 Å². The van der Waals surface area contributed by atoms with Crippen molar-refractivity contribution in [2.24, 2.45) is 0 Å². The Morgan fingerprint density at radius 1 is 1.07 bits per heavy atom. The molecule has 1 aromatic carbocycles. The molecule has 4 rings (SSSR count). The van der Waals surface area contributed by atoms with Crippen molar-refractivity contribution in [1.82, 2.24) is 14.8 Å². The molecule has 29 heavy (non-hydrogen) atoms. The first kappa shape index (κ1) is 19.4. The molecule has 1 aliphatic rings. The SMILES string of the molecule is O=C(NCc1cc(-c2ccco2)on1)c1ccc(S(=O)(=O)N2CCCCC2)cc1. The van der Waals surface area contributed by atoms with Gasteiger partial charge in [-0.1, -0.05) is 11.6 Å². The minimum Gasteiger partial charge on any atom is -0.461 e. The average Bonchev–Trinajstić information content (AvgIpc) is 3.44. The van der Waals surface area contributed by atoms with E-state index in [1.165, 1.54) is 34.8 Å². The zero-order chi connectivity index (χ0) is 20.3. The summed E-state index contributed by atoms with van der Waals surface area (Å²) in [5.41, 5.74) is 0.923. The van der Waals surface area contributed by atoms with Gasteiger partial charge in [-0.2, -0.15) is 4.31 Å². The van der Waals surface area contributed by atoms with Crippen molar-refractivity contribution in [2.45, 2.75) is 30.7 Å². The molecule has 0 unspecified atom stereocenters. The van der Waals surface area contributed by atoms with Crippen molar-refractivity contribution in [2.75, 3.05) is 13.1 Å². The highest BCUT2D eigenvalue weighted by Gasteiger charge is 2.25. The number of piperidine rings is 1. The maximum atomic E-state index is 12.7. The molecule has 2 aromatic heterocycles. The van der Waals surface area contributed by atoms with Crippen molar-refractivity contribution in [3.05, 3.63) is 60.0 Å². The van der Waals surface area contributed by atoms with Gasteiger partial charge in [-0.05, 0) is 49.2 Å². The summed E-state index contributed by atoms with van der Waals surface area (Å²) in [7, 11) is -3.51. The van der Waals surface area contributed by atoms with Gasteiger partial charge in [-0.25, -0.2) is 8.42 Å². The number of furan rings is 1. The number of carbonyl (C=O) groups is 1. The van der Waals surface area contributed by atoms with Gasteiger partial charge in [0.05, 0.1) is 17.7 Å². The van der Waals surface area contributed by atoms with Gasteiger partial charge in [0.15, 0.2) is 5.76 Å². The van der Waals surface area contributed by atoms with Crippen LogP contribution in [0.3, 0.4) is 0 Å². The lowest BCUT2D eigenvalue weighted by molar-refractivity contribution is 0.0950. The molecule has 9 heteroatoms. The van der Waals surface area contributed by atoms with Crippen LogP contribution in [0.4, 0.5) is 0 Å². The highest BCUT2D eigenvalue weighted by molar-refractivity contribution is 7.89. The van der Waals surface area contributed by atoms with Gasteiger partial charge < -0.3 is 14.3 Å². The highest BCUT2D eigenvalue weighted by atomic mass is 32.2. The largest absolute Gasteiger partial charge is 0.461 e. The molecule has 0 bridgehead atoms. The summed E-state index contributed by atoms with van der Waals surface area (Å²) in [5.74, 6) is 0.710. The molecule has 1 fully saturated rings. The average molecular weight is 415 g/mol. The van der Waals surface area contributed by atoms with E-state index in [1.54, 1.807) is 18.2 Å². The summed E-state index contributed by atoms with van der Waals surface area (Å²) >= 11 is 0. The van der Waals surface area contributed by atoms with Crippen molar-refractivity contribution in [3.8, 4) is 11.5 Å². The first-order chi connectivity index (χ1) is 14.0. The first-order valence-electron chi connectivity index (χ1n) is 9.42. The predicted molar refractivity (Wildman–Crippen MR) is 104 cm³/mol. The van der Waals surface area contributed by atoms with E-state index in [9.17, 15) is 13.2 Å². The van der Waals surface area contributed by atoms with Crippen molar-refractivity contribution >= 4 is 15.9 Å². The van der Waals surface area contributed by atoms with Gasteiger partial charge in [0.2, 0.25) is 15.8 Å². The smallest absolute Gasteiger partial charge is 0.251 e. The molecule has 1 aliphatic heterocycles. The number of aromatic nitrogens is 1. The summed E-state index contributed by atoms with van der Waals surface area (Å²) in [6.45, 7) is 1.27. The number of hydrogen-bond donors (Lipinski definition) is 1. The third-order valence-corrected chi connectivity index (χ3v) is 6.74. The van der Waals surface area contributed by atoms with E-state index < -0.39 is 10.0 Å². The summed E-state index contributed by atoms with van der Waals surface area (Å²) < 4.78 is 37.3. The Kier molecular flexibility index (Phi) is 5.50. The summed E-state index contributed by atoms with van der Waals surface area (Å²) in [6.07, 6.45) is 4.35. The molecule has 1 N–H and O–H groups in total. The Bertz CT molecular complexity index is 1070. The van der Waals surface area contributed by atoms with Crippen LogP contribution in [0, 0.1) is 0 Å². The van der Waals surface area contributed by atoms with Gasteiger partial charge in [0.1, 0.15) is 5.69 Å². The van der Waals surface area contributed by atoms with Crippen LogP contribution in [0.25, 0.3) is 11.5 Å². The number of sulfonamides is 1. The zero-order valence-electron chi connectivity index (χ0n) is 15.7. The molecule has 8 nitrogen and oxygen atoms in total. The minimum atomic E-state index is -3.51. The number of amides is 1. The van der Waals surface area contributed by atoms with E-state index in [0.717, 1.165) is 19.3 Å². The van der Waals surface area contributed by atoms with Gasteiger partial charge in [-0.15, -0.1) is 0 Å². The monoisotopic (exact) mass is 415 g/mol. The molecule has 0 spiro atoms. The van der Waals surface area contributed by atoms with Crippen LogP contribution in [-0.4, -0.2) is 36.9 Å². The van der Waals surface area contributed by atoms with Gasteiger partial charge in [0.25, 0.3) is 5.91 Å². The maximum absolute atomic E-state index is 12.7. The molecule has 3 heterocycles. The molecular formula is C20H21N3O5S. The number of hydrogen-bond acceptors (Lipinski definition) is 6. The fraction of sp³-hybridized carbons (Fsp3) is 0.300. The summed E-state index contributed by atoms with van der Waals surface area (Å²) in [4.78, 5) is 12.6. The number of benzene rings is 1. The molecule has 0 aliphatic carbocycles. The quantitative estimate of drug-likeness (QED) is 0.663. The Balaban J connectivity index is 1.38. The minimum absolute atomic E-state index is 0.177. The third kappa shape index (κ3) is 4.25. The number of carbonyl (C=O) groups excluding carboxylic acids is 1. The summed E-state index contributed by atoms with van der Waals surface area (Å²) in [5, 5.41) is 6.64. The molecule has 1 saturated heterocycles. The fourth-order valence-electron chi connectivity index (χ4n) is 3.24. The van der Waals surface area contributed by atoms with E-state index in [-0.39, 0.29) is 17.3 Å². The third-order valence-electron chi connectivity index (χ3n) is 4.82. The van der Waals surface area contributed by atoms with Crippen LogP contribution < -0.4 is 5.32 Å². The highest BCUT2D eigenvalue weighted by Crippen LogP contribution is 2.22. The van der Waals surface area contributed by atoms with Crippen LogP contribution in [0.15, 0.2) is 62.6 Å². The number of rotatable bonds is 6. The molecule has 1 amide bonds. The molecular weight excluding hydrogens is 394 g/mol. The fourth-order valence-corrected chi connectivity index (χ4v) is 4.75. The predicted octanol–water partition coefficient (Wildman–Crippen LogP) is 3.04. The van der Waals surface area contributed by atoms with Crippen molar-refractivity contribution < 1.29 is 22.2 Å². The van der Waals surface area contributed by atoms with Crippen molar-refractivity contribution in [1.29, 1.82) is 0 Å². The van der Waals surface area contributed by atoms with Gasteiger partial charge in [-0.3, -0.25) is 4.79 Å². The van der Waals surface area contributed by atoms with E-state index >= 15 is 0 Å². The van der Waals surface area contributed by atoms with Gasteiger partial charge >= 0.3 is 0 Å². The zero-order valence-corrected chi connectivity index (χ0v) is 16.5. The topological polar surface area (TPSA) is 106 Å². The normalized spacial score (nSPS) is 15.3. The van der Waals surface area contributed by atoms with Crippen LogP contribution in [0.1, 0.15) is 35.3 Å². The van der Waals surface area contributed by atoms with E-state index in [4.69, 9.17) is 8.94 Å². The number of nitrogens with zero attached hydrogens (tertiary/aromatic N) is 2. The van der Waals surface area contributed by atoms with Gasteiger partial charge in [0, 0.05) is 24.7 Å². The van der Waals surface area contributed by atoms with E-state index in [2.05, 4.69) is 10.5 Å². The second kappa shape index (κ2) is 8.22. The van der Waals surface area contributed by atoms with Crippen LogP contribution >= 0.6 is 0 Å². The standard InChI is InChI=1S/C20H21N3O5S/c24-20(21-14-16-13-19(28-22-16)18-5-4-12-27-18)15-6-8-17(9-7-15)29(25,26)23-10-2-1-3-11-23/h4-9,12-13H,1-3,10-11,14H2,(H,21,24). The molecule has 152 valence electrons. The van der Waals surface area contributed by atoms with E-state index in [0.29, 0.717) is 35.9 Å². The Labute approximate surface area is 168 Å². The van der Waals surface area contributed by atoms with E-state index in [1.807, 2.05) is 0 Å². The lowest BCUT2D eigenvalue weighted by Gasteiger charge is -2.25. The lowest BCUT2D eigenvalue weighted by atomic mass is 10.2. The molecule has 0 radical (unpaired) electrons. The van der Waals surface area contributed by atoms with Crippen LogP contribution in [0.5, 0.6) is 0 Å². The van der Waals surface area contributed by atoms with Crippen LogP contribution in [0.2, 0.25) is 0 Å². The van der Waals surface area contributed by atoms with Crippen LogP contribution in [-0.2, 0) is 16.6 Å². The molecule has 0 saturated carbocycles. The Morgan fingerprint density at radius 2 is 1.83 bits per heavy atom. The second-order valence-corrected chi connectivity index (χ2v) is 8.77. The summed E-state index contributed by atoms with van der Waals surface area (Å²) in [6, 6.07) is 11.2. The Hall–Kier alpha value is -2.91. The maximum Gasteiger partial charge on any atom is 0.251 e. The first-order valence-corrected chi connectivity index (χ1v) is 10.9. The molecule has 0 atom stereocenters. The molecule has 3 aromatic rings. The second-order valence-electron chi connectivity index (χ2n) is 6.83. The number of nitrogens with one attached hydrogen (secondary N) is 1.